The number of hydrogen-bond donors (Lipinski definition) is 3. The van der Waals surface area contributed by atoms with Gasteiger partial charge < -0.3 is 25.0 Å². The highest BCUT2D eigenvalue weighted by Crippen LogP contribution is 2.29. The third kappa shape index (κ3) is 6.91. The standard InChI is InChI=1S/C31H37N5O6S/c1-31(2,3)42-30(39)35-13-6-8-25(35)12-14-43(40,41)34-24-15-20-7-4-5-9-26(20)22(16-24)19-36-27(29(37)38)17-21-10-11-23(18-32)33-28(21)36/h4-5,7,9-11,15-17,25,34H,6,8,12-14,18-19,32H2,1-3H3,(H,37,38)/t25-/m0/s1. The summed E-state index contributed by atoms with van der Waals surface area (Å²) in [5.41, 5.74) is 7.44. The number of pyridine rings is 1. The van der Waals surface area contributed by atoms with Gasteiger partial charge in [-0.1, -0.05) is 24.3 Å². The Bertz CT molecular complexity index is 1790. The first-order chi connectivity index (χ1) is 20.3. The van der Waals surface area contributed by atoms with Crippen LogP contribution in [0, 0.1) is 0 Å². The number of ether oxygens (including phenoxy) is 1. The summed E-state index contributed by atoms with van der Waals surface area (Å²) in [6.45, 7) is 6.30. The molecule has 0 aliphatic carbocycles. The van der Waals surface area contributed by atoms with Crippen molar-refractivity contribution < 1.29 is 27.9 Å². The lowest BCUT2D eigenvalue weighted by atomic mass is 10.0. The van der Waals surface area contributed by atoms with E-state index in [1.165, 1.54) is 0 Å². The van der Waals surface area contributed by atoms with Crippen LogP contribution >= 0.6 is 0 Å². The largest absolute Gasteiger partial charge is 0.477 e. The topological polar surface area (TPSA) is 157 Å². The Kier molecular flexibility index (Phi) is 8.35. The van der Waals surface area contributed by atoms with Crippen molar-refractivity contribution in [1.82, 2.24) is 14.5 Å². The van der Waals surface area contributed by atoms with E-state index >= 15 is 0 Å². The van der Waals surface area contributed by atoms with Gasteiger partial charge in [0.25, 0.3) is 0 Å². The minimum Gasteiger partial charge on any atom is -0.477 e. The van der Waals surface area contributed by atoms with Crippen LogP contribution < -0.4 is 10.5 Å². The van der Waals surface area contributed by atoms with Crippen molar-refractivity contribution in [3.63, 3.8) is 0 Å². The number of nitrogens with one attached hydrogen (secondary N) is 1. The Hall–Kier alpha value is -4.16. The number of carboxylic acids is 1. The van der Waals surface area contributed by atoms with Crippen LogP contribution in [0.2, 0.25) is 0 Å². The van der Waals surface area contributed by atoms with Crippen molar-refractivity contribution in [3.05, 3.63) is 71.5 Å². The summed E-state index contributed by atoms with van der Waals surface area (Å²) >= 11 is 0. The number of benzene rings is 2. The maximum atomic E-state index is 13.3. The summed E-state index contributed by atoms with van der Waals surface area (Å²) < 4.78 is 36.4. The van der Waals surface area contributed by atoms with Crippen LogP contribution in [-0.4, -0.2) is 64.0 Å². The molecule has 4 N–H and O–H groups in total. The van der Waals surface area contributed by atoms with Gasteiger partial charge in [0.15, 0.2) is 0 Å². The maximum absolute atomic E-state index is 13.3. The van der Waals surface area contributed by atoms with Gasteiger partial charge in [-0.2, -0.15) is 0 Å². The van der Waals surface area contributed by atoms with Gasteiger partial charge in [0.2, 0.25) is 10.0 Å². The number of carbonyl (C=O) groups is 2. The molecule has 1 fully saturated rings. The number of aromatic nitrogens is 2. The van der Waals surface area contributed by atoms with Crippen LogP contribution in [0.5, 0.6) is 0 Å². The zero-order valence-electron chi connectivity index (χ0n) is 24.5. The van der Waals surface area contributed by atoms with Crippen molar-refractivity contribution in [3.8, 4) is 0 Å². The van der Waals surface area contributed by atoms with E-state index in [9.17, 15) is 23.1 Å². The maximum Gasteiger partial charge on any atom is 0.410 e. The smallest absolute Gasteiger partial charge is 0.410 e. The minimum atomic E-state index is -3.78. The molecule has 0 saturated carbocycles. The molecule has 1 saturated heterocycles. The normalized spacial score (nSPS) is 15.7. The van der Waals surface area contributed by atoms with Gasteiger partial charge in [-0.05, 0) is 86.7 Å². The number of nitrogens with zero attached hydrogens (tertiary/aromatic N) is 3. The number of carboxylic acid groups (broad SMARTS) is 1. The highest BCUT2D eigenvalue weighted by molar-refractivity contribution is 7.92. The van der Waals surface area contributed by atoms with Crippen LogP contribution in [0.3, 0.4) is 0 Å². The van der Waals surface area contributed by atoms with Crippen LogP contribution in [0.15, 0.2) is 54.6 Å². The number of aromatic carboxylic acids is 1. The molecule has 11 nitrogen and oxygen atoms in total. The molecule has 1 aliphatic heterocycles. The average Bonchev–Trinajstić information content (AvgIpc) is 3.55. The lowest BCUT2D eigenvalue weighted by Crippen LogP contribution is -2.40. The molecule has 0 bridgehead atoms. The van der Waals surface area contributed by atoms with Crippen molar-refractivity contribution in [2.75, 3.05) is 17.0 Å². The fraction of sp³-hybridized carbons (Fsp3) is 0.387. The molecule has 2 aromatic heterocycles. The Morgan fingerprint density at radius 2 is 1.88 bits per heavy atom. The van der Waals surface area contributed by atoms with Gasteiger partial charge in [-0.15, -0.1) is 0 Å². The Morgan fingerprint density at radius 1 is 1.12 bits per heavy atom. The summed E-state index contributed by atoms with van der Waals surface area (Å²) in [5.74, 6) is -1.27. The SMILES string of the molecule is CC(C)(C)OC(=O)N1CCC[C@H]1CCS(=O)(=O)Nc1cc(Cn2c(C(=O)O)cc3ccc(CN)nc32)c2ccccc2c1. The van der Waals surface area contributed by atoms with Crippen molar-refractivity contribution in [2.24, 2.45) is 5.73 Å². The fourth-order valence-electron chi connectivity index (χ4n) is 5.59. The van der Waals surface area contributed by atoms with Crippen LogP contribution in [0.25, 0.3) is 21.8 Å². The van der Waals surface area contributed by atoms with Gasteiger partial charge >= 0.3 is 12.1 Å². The minimum absolute atomic E-state index is 0.0674. The summed E-state index contributed by atoms with van der Waals surface area (Å²) in [5, 5.41) is 12.3. The molecule has 43 heavy (non-hydrogen) atoms. The van der Waals surface area contributed by atoms with Gasteiger partial charge in [0.1, 0.15) is 16.9 Å². The second-order valence-electron chi connectivity index (χ2n) is 11.9. The number of nitrogens with two attached hydrogens (primary N) is 1. The third-order valence-electron chi connectivity index (χ3n) is 7.50. The van der Waals surface area contributed by atoms with E-state index in [-0.39, 0.29) is 37.0 Å². The van der Waals surface area contributed by atoms with Gasteiger partial charge in [-0.3, -0.25) is 4.72 Å². The third-order valence-corrected chi connectivity index (χ3v) is 8.82. The number of rotatable bonds is 9. The molecular formula is C31H37N5O6S. The monoisotopic (exact) mass is 607 g/mol. The van der Waals surface area contributed by atoms with Crippen molar-refractivity contribution in [1.29, 1.82) is 0 Å². The van der Waals surface area contributed by atoms with E-state index in [1.54, 1.807) is 60.6 Å². The molecule has 1 amide bonds. The van der Waals surface area contributed by atoms with Gasteiger partial charge in [0.05, 0.1) is 18.0 Å². The molecular weight excluding hydrogens is 570 g/mol. The Balaban J connectivity index is 1.41. The molecule has 5 rings (SSSR count). The lowest BCUT2D eigenvalue weighted by molar-refractivity contribution is 0.0224. The van der Waals surface area contributed by atoms with Gasteiger partial charge in [0, 0.05) is 30.2 Å². The molecule has 12 heteroatoms. The zero-order valence-corrected chi connectivity index (χ0v) is 25.4. The van der Waals surface area contributed by atoms with Gasteiger partial charge in [-0.25, -0.2) is 23.0 Å². The lowest BCUT2D eigenvalue weighted by Gasteiger charge is -2.28. The summed E-state index contributed by atoms with van der Waals surface area (Å²) in [6, 6.07) is 15.9. The molecule has 3 heterocycles. The zero-order chi connectivity index (χ0) is 30.9. The predicted molar refractivity (Wildman–Crippen MR) is 166 cm³/mol. The molecule has 0 spiro atoms. The predicted octanol–water partition coefficient (Wildman–Crippen LogP) is 4.93. The number of fused-ring (bicyclic) bond motifs is 2. The number of hydrogen-bond acceptors (Lipinski definition) is 7. The number of anilines is 1. The number of amides is 1. The summed E-state index contributed by atoms with van der Waals surface area (Å²) in [6.07, 6.45) is 1.36. The average molecular weight is 608 g/mol. The fourth-order valence-corrected chi connectivity index (χ4v) is 6.75. The van der Waals surface area contributed by atoms with Crippen LogP contribution in [-0.2, 0) is 27.8 Å². The highest BCUT2D eigenvalue weighted by atomic mass is 32.2. The van der Waals surface area contributed by atoms with E-state index < -0.39 is 27.7 Å². The van der Waals surface area contributed by atoms with E-state index in [4.69, 9.17) is 10.5 Å². The van der Waals surface area contributed by atoms with Crippen molar-refractivity contribution >= 4 is 49.6 Å². The number of likely N-dealkylation sites (tertiary alicyclic amines) is 1. The van der Waals surface area contributed by atoms with Crippen LogP contribution in [0.4, 0.5) is 10.5 Å². The quantitative estimate of drug-likeness (QED) is 0.242. The molecule has 2 aromatic carbocycles. The number of carbonyl (C=O) groups excluding carboxylic acids is 1. The second-order valence-corrected chi connectivity index (χ2v) is 13.7. The molecule has 0 unspecified atom stereocenters. The summed E-state index contributed by atoms with van der Waals surface area (Å²) in [4.78, 5) is 31.0. The van der Waals surface area contributed by atoms with E-state index in [1.807, 2.05) is 24.3 Å². The van der Waals surface area contributed by atoms with Crippen molar-refractivity contribution in [2.45, 2.75) is 64.8 Å². The highest BCUT2D eigenvalue weighted by Gasteiger charge is 2.33. The molecule has 1 aliphatic rings. The molecule has 4 aromatic rings. The summed E-state index contributed by atoms with van der Waals surface area (Å²) in [7, 11) is -3.78. The first kappa shape index (κ1) is 30.3. The van der Waals surface area contributed by atoms with Crippen LogP contribution in [0.1, 0.15) is 61.8 Å². The second kappa shape index (κ2) is 11.8. The first-order valence-electron chi connectivity index (χ1n) is 14.3. The molecule has 228 valence electrons. The van der Waals surface area contributed by atoms with E-state index in [2.05, 4.69) is 9.71 Å². The number of sulfonamides is 1. The molecule has 0 radical (unpaired) electrons. The Morgan fingerprint density at radius 3 is 2.60 bits per heavy atom. The van der Waals surface area contributed by atoms with E-state index in [0.29, 0.717) is 35.4 Å². The Labute approximate surface area is 250 Å². The molecule has 1 atom stereocenters. The van der Waals surface area contributed by atoms with E-state index in [0.717, 1.165) is 22.8 Å². The first-order valence-corrected chi connectivity index (χ1v) is 15.9.